The predicted octanol–water partition coefficient (Wildman–Crippen LogP) is 5.04. The third-order valence-corrected chi connectivity index (χ3v) is 4.98. The van der Waals surface area contributed by atoms with Crippen molar-refractivity contribution in [1.29, 1.82) is 0 Å². The van der Waals surface area contributed by atoms with Crippen LogP contribution in [0.25, 0.3) is 0 Å². The van der Waals surface area contributed by atoms with Gasteiger partial charge in [0.15, 0.2) is 11.5 Å². The Labute approximate surface area is 181 Å². The van der Waals surface area contributed by atoms with Gasteiger partial charge in [0.25, 0.3) is 10.1 Å². The first-order valence-electron chi connectivity index (χ1n) is 8.86. The minimum atomic E-state index is -4.91. The molecule has 0 aliphatic heterocycles. The number of phenols is 1. The van der Waals surface area contributed by atoms with Gasteiger partial charge >= 0.3 is 5.97 Å². The van der Waals surface area contributed by atoms with Crippen molar-refractivity contribution in [3.63, 3.8) is 0 Å². The molecule has 164 valence electrons. The predicted molar refractivity (Wildman–Crippen MR) is 109 cm³/mol. The number of aromatic carboxylic acids is 1. The van der Waals surface area contributed by atoms with Crippen LogP contribution in [-0.2, 0) is 10.1 Å². The molecule has 0 aliphatic carbocycles. The maximum Gasteiger partial charge on any atom is 0.337 e. The van der Waals surface area contributed by atoms with Gasteiger partial charge in [-0.05, 0) is 24.3 Å². The summed E-state index contributed by atoms with van der Waals surface area (Å²) in [6, 6.07) is 15.6. The second-order valence-electron chi connectivity index (χ2n) is 6.26. The highest BCUT2D eigenvalue weighted by atomic mass is 32.2. The molecule has 0 aliphatic rings. The number of nitrogens with zero attached hydrogens (tertiary/aromatic N) is 4. The van der Waals surface area contributed by atoms with E-state index in [4.69, 9.17) is 4.55 Å². The van der Waals surface area contributed by atoms with Gasteiger partial charge in [-0.3, -0.25) is 4.55 Å². The van der Waals surface area contributed by atoms with Gasteiger partial charge in [0.1, 0.15) is 10.6 Å². The van der Waals surface area contributed by atoms with Crippen molar-refractivity contribution in [3.8, 4) is 5.75 Å². The second kappa shape index (κ2) is 9.41. The maximum absolute atomic E-state index is 14.5. The third kappa shape index (κ3) is 5.17. The fourth-order valence-electron chi connectivity index (χ4n) is 2.58. The molecule has 0 amide bonds. The zero-order valence-electron chi connectivity index (χ0n) is 16.1. The molecule has 0 aromatic heterocycles. The Morgan fingerprint density at radius 2 is 1.53 bits per heavy atom. The molecule has 0 saturated carbocycles. The lowest BCUT2D eigenvalue weighted by atomic mass is 10.2. The number of hydrogen-bond donors (Lipinski definition) is 3. The van der Waals surface area contributed by atoms with E-state index in [2.05, 4.69) is 20.5 Å². The molecule has 1 atom stereocenters. The van der Waals surface area contributed by atoms with Gasteiger partial charge in [0, 0.05) is 5.56 Å². The standard InChI is InChI=1S/C20H15FN4O6S/c21-17-16(32(29,30)31)11-10-15(26)18(17)23-25-19(12-6-2-1-3-7-12)24-22-14-9-5-4-8-13(14)20(27)28/h1-11,19,26H,(H,27,28)(H,29,30,31). The molecule has 0 radical (unpaired) electrons. The first kappa shape index (κ1) is 22.7. The summed E-state index contributed by atoms with van der Waals surface area (Å²) in [7, 11) is -4.91. The van der Waals surface area contributed by atoms with Gasteiger partial charge in [-0.1, -0.05) is 42.5 Å². The Balaban J connectivity index is 2.05. The van der Waals surface area contributed by atoms with Gasteiger partial charge in [0.05, 0.1) is 11.3 Å². The Hall–Kier alpha value is -4.03. The molecule has 32 heavy (non-hydrogen) atoms. The van der Waals surface area contributed by atoms with E-state index in [0.717, 1.165) is 6.07 Å². The number of carbonyl (C=O) groups is 1. The Morgan fingerprint density at radius 1 is 0.906 bits per heavy atom. The molecule has 3 rings (SSSR count). The molecule has 0 spiro atoms. The zero-order valence-corrected chi connectivity index (χ0v) is 16.9. The topological polar surface area (TPSA) is 161 Å². The fraction of sp³-hybridized carbons (Fsp3) is 0.0500. The van der Waals surface area contributed by atoms with E-state index in [1.807, 2.05) is 0 Å². The van der Waals surface area contributed by atoms with Gasteiger partial charge < -0.3 is 10.2 Å². The van der Waals surface area contributed by atoms with Crippen molar-refractivity contribution in [1.82, 2.24) is 0 Å². The molecule has 3 aromatic rings. The summed E-state index contributed by atoms with van der Waals surface area (Å²) in [4.78, 5) is 10.3. The monoisotopic (exact) mass is 458 g/mol. The molecule has 3 aromatic carbocycles. The van der Waals surface area contributed by atoms with Crippen LogP contribution in [0.3, 0.4) is 0 Å². The number of hydrogen-bond acceptors (Lipinski definition) is 8. The van der Waals surface area contributed by atoms with E-state index in [9.17, 15) is 27.8 Å². The first-order valence-corrected chi connectivity index (χ1v) is 10.3. The second-order valence-corrected chi connectivity index (χ2v) is 7.65. The average molecular weight is 458 g/mol. The number of rotatable bonds is 7. The molecule has 1 unspecified atom stereocenters. The van der Waals surface area contributed by atoms with E-state index in [-0.39, 0.29) is 11.3 Å². The highest BCUT2D eigenvalue weighted by Gasteiger charge is 2.22. The van der Waals surface area contributed by atoms with E-state index in [1.165, 1.54) is 18.2 Å². The Kier molecular flexibility index (Phi) is 6.66. The first-order chi connectivity index (χ1) is 15.2. The summed E-state index contributed by atoms with van der Waals surface area (Å²) in [5, 5.41) is 34.5. The number of aromatic hydroxyl groups is 1. The molecular formula is C20H15FN4O6S. The lowest BCUT2D eigenvalue weighted by Gasteiger charge is -2.08. The van der Waals surface area contributed by atoms with E-state index >= 15 is 0 Å². The normalized spacial score (nSPS) is 12.9. The summed E-state index contributed by atoms with van der Waals surface area (Å²) in [6.45, 7) is 0. The van der Waals surface area contributed by atoms with Crippen LogP contribution in [0.15, 0.2) is 92.1 Å². The van der Waals surface area contributed by atoms with Gasteiger partial charge in [-0.2, -0.15) is 23.8 Å². The number of carboxylic acids is 1. The minimum Gasteiger partial charge on any atom is -0.506 e. The van der Waals surface area contributed by atoms with Gasteiger partial charge in [-0.15, -0.1) is 5.11 Å². The summed E-state index contributed by atoms with van der Waals surface area (Å²) < 4.78 is 46.2. The largest absolute Gasteiger partial charge is 0.506 e. The van der Waals surface area contributed by atoms with Gasteiger partial charge in [-0.25, -0.2) is 9.18 Å². The number of phenolic OH excluding ortho intramolecular Hbond substituents is 1. The molecular weight excluding hydrogens is 443 g/mol. The summed E-state index contributed by atoms with van der Waals surface area (Å²) in [6.07, 6.45) is -1.19. The van der Waals surface area contributed by atoms with E-state index < -0.39 is 44.4 Å². The Bertz CT molecular complexity index is 1310. The van der Waals surface area contributed by atoms with Crippen molar-refractivity contribution < 1.29 is 32.4 Å². The minimum absolute atomic E-state index is 0.0403. The van der Waals surface area contributed by atoms with Crippen LogP contribution in [0.5, 0.6) is 5.75 Å². The van der Waals surface area contributed by atoms with E-state index in [0.29, 0.717) is 11.6 Å². The zero-order chi connectivity index (χ0) is 23.3. The van der Waals surface area contributed by atoms with Crippen LogP contribution < -0.4 is 0 Å². The van der Waals surface area contributed by atoms with Crippen molar-refractivity contribution in [2.75, 3.05) is 0 Å². The van der Waals surface area contributed by atoms with Crippen LogP contribution in [0.2, 0.25) is 0 Å². The molecule has 12 heteroatoms. The highest BCUT2D eigenvalue weighted by Crippen LogP contribution is 2.35. The summed E-state index contributed by atoms with van der Waals surface area (Å²) >= 11 is 0. The molecule has 3 N–H and O–H groups in total. The van der Waals surface area contributed by atoms with Crippen LogP contribution in [0.1, 0.15) is 22.1 Å². The molecule has 0 heterocycles. The van der Waals surface area contributed by atoms with Crippen LogP contribution in [-0.4, -0.2) is 29.2 Å². The van der Waals surface area contributed by atoms with Crippen molar-refractivity contribution in [2.24, 2.45) is 20.5 Å². The Morgan fingerprint density at radius 3 is 2.19 bits per heavy atom. The highest BCUT2D eigenvalue weighted by molar-refractivity contribution is 7.85. The SMILES string of the molecule is O=C(O)c1ccccc1N=NC(N=Nc1c(O)ccc(S(=O)(=O)O)c1F)c1ccccc1. The van der Waals surface area contributed by atoms with Crippen LogP contribution in [0.4, 0.5) is 15.8 Å². The quantitative estimate of drug-likeness (QED) is 0.332. The maximum atomic E-state index is 14.5. The van der Waals surface area contributed by atoms with Crippen molar-refractivity contribution >= 4 is 27.5 Å². The number of benzene rings is 3. The molecule has 0 saturated heterocycles. The van der Waals surface area contributed by atoms with Crippen molar-refractivity contribution in [3.05, 3.63) is 83.7 Å². The molecule has 10 nitrogen and oxygen atoms in total. The lowest BCUT2D eigenvalue weighted by Crippen LogP contribution is -2.01. The number of azo groups is 2. The smallest absolute Gasteiger partial charge is 0.337 e. The fourth-order valence-corrected chi connectivity index (χ4v) is 3.15. The van der Waals surface area contributed by atoms with Crippen molar-refractivity contribution in [2.45, 2.75) is 11.1 Å². The van der Waals surface area contributed by atoms with Gasteiger partial charge in [0.2, 0.25) is 6.17 Å². The average Bonchev–Trinajstić information content (AvgIpc) is 2.75. The summed E-state index contributed by atoms with van der Waals surface area (Å²) in [5.74, 6) is -3.44. The van der Waals surface area contributed by atoms with E-state index in [1.54, 1.807) is 36.4 Å². The third-order valence-electron chi connectivity index (χ3n) is 4.11. The summed E-state index contributed by atoms with van der Waals surface area (Å²) in [5.41, 5.74) is -0.455. The molecule has 0 bridgehead atoms. The molecule has 0 fully saturated rings. The number of halogens is 1. The van der Waals surface area contributed by atoms with Crippen LogP contribution >= 0.6 is 0 Å². The number of carboxylic acid groups (broad SMARTS) is 1. The van der Waals surface area contributed by atoms with Crippen LogP contribution in [0, 0.1) is 5.82 Å². The lowest BCUT2D eigenvalue weighted by molar-refractivity contribution is 0.0697.